The van der Waals surface area contributed by atoms with Crippen molar-refractivity contribution in [2.45, 2.75) is 43.9 Å². The minimum Gasteiger partial charge on any atom is -0.484 e. The Morgan fingerprint density at radius 3 is 2.19 bits per heavy atom. The second-order valence-electron chi connectivity index (χ2n) is 8.83. The lowest BCUT2D eigenvalue weighted by Gasteiger charge is -2.33. The SMILES string of the molecule is O=C(NCC1(c2ccccc2)CCCC1)C1CCN(C(=O)COc2ccccc2)CC1. The number of para-hydroxylation sites is 1. The van der Waals surface area contributed by atoms with Crippen LogP contribution in [0.4, 0.5) is 0 Å². The molecule has 1 heterocycles. The topological polar surface area (TPSA) is 58.6 Å². The lowest BCUT2D eigenvalue weighted by molar-refractivity contribution is -0.137. The number of benzene rings is 2. The molecule has 2 aromatic carbocycles. The van der Waals surface area contributed by atoms with E-state index >= 15 is 0 Å². The van der Waals surface area contributed by atoms with Crippen molar-refractivity contribution in [1.29, 1.82) is 0 Å². The van der Waals surface area contributed by atoms with E-state index in [9.17, 15) is 9.59 Å². The molecule has 5 heteroatoms. The molecule has 1 saturated heterocycles. The van der Waals surface area contributed by atoms with E-state index in [4.69, 9.17) is 4.74 Å². The summed E-state index contributed by atoms with van der Waals surface area (Å²) in [6.07, 6.45) is 6.12. The zero-order chi connectivity index (χ0) is 21.5. The second-order valence-corrected chi connectivity index (χ2v) is 8.83. The number of ether oxygens (including phenoxy) is 1. The molecule has 2 aromatic rings. The minimum absolute atomic E-state index is 0.0169. The molecule has 31 heavy (non-hydrogen) atoms. The molecule has 1 aliphatic carbocycles. The van der Waals surface area contributed by atoms with Crippen LogP contribution >= 0.6 is 0 Å². The lowest BCUT2D eigenvalue weighted by Crippen LogP contribution is -2.46. The largest absolute Gasteiger partial charge is 0.484 e. The van der Waals surface area contributed by atoms with Crippen LogP contribution in [0.1, 0.15) is 44.1 Å². The molecule has 2 fully saturated rings. The summed E-state index contributed by atoms with van der Waals surface area (Å²) in [5.41, 5.74) is 1.41. The van der Waals surface area contributed by atoms with E-state index in [2.05, 4.69) is 29.6 Å². The number of nitrogens with one attached hydrogen (secondary N) is 1. The highest BCUT2D eigenvalue weighted by Crippen LogP contribution is 2.40. The Morgan fingerprint density at radius 2 is 1.55 bits per heavy atom. The Kier molecular flexibility index (Phi) is 6.90. The molecule has 0 unspecified atom stereocenters. The van der Waals surface area contributed by atoms with Gasteiger partial charge in [-0.15, -0.1) is 0 Å². The molecule has 1 aliphatic heterocycles. The van der Waals surface area contributed by atoms with Gasteiger partial charge in [-0.05, 0) is 43.4 Å². The predicted molar refractivity (Wildman–Crippen MR) is 121 cm³/mol. The first-order valence-corrected chi connectivity index (χ1v) is 11.5. The van der Waals surface area contributed by atoms with Crippen LogP contribution in [-0.4, -0.2) is 43.0 Å². The van der Waals surface area contributed by atoms with E-state index < -0.39 is 0 Å². The molecule has 5 nitrogen and oxygen atoms in total. The third-order valence-electron chi connectivity index (χ3n) is 6.87. The molecule has 1 saturated carbocycles. The highest BCUT2D eigenvalue weighted by atomic mass is 16.5. The predicted octanol–water partition coefficient (Wildman–Crippen LogP) is 3.93. The van der Waals surface area contributed by atoms with Gasteiger partial charge in [0.05, 0.1) is 0 Å². The van der Waals surface area contributed by atoms with E-state index in [1.165, 1.54) is 18.4 Å². The fourth-order valence-electron chi connectivity index (χ4n) is 4.96. The quantitative estimate of drug-likeness (QED) is 0.738. The van der Waals surface area contributed by atoms with Crippen LogP contribution in [0.2, 0.25) is 0 Å². The summed E-state index contributed by atoms with van der Waals surface area (Å²) >= 11 is 0. The monoisotopic (exact) mass is 420 g/mol. The van der Waals surface area contributed by atoms with Gasteiger partial charge in [0.25, 0.3) is 5.91 Å². The summed E-state index contributed by atoms with van der Waals surface area (Å²) in [6.45, 7) is 1.97. The van der Waals surface area contributed by atoms with Crippen molar-refractivity contribution in [3.8, 4) is 5.75 Å². The van der Waals surface area contributed by atoms with Gasteiger partial charge in [-0.1, -0.05) is 61.4 Å². The number of piperidine rings is 1. The molecule has 0 aromatic heterocycles. The van der Waals surface area contributed by atoms with Crippen molar-refractivity contribution in [2.75, 3.05) is 26.2 Å². The van der Waals surface area contributed by atoms with Gasteiger partial charge in [-0.25, -0.2) is 0 Å². The van der Waals surface area contributed by atoms with Gasteiger partial charge in [0.2, 0.25) is 5.91 Å². The third-order valence-corrected chi connectivity index (χ3v) is 6.87. The molecule has 0 radical (unpaired) electrons. The fourth-order valence-corrected chi connectivity index (χ4v) is 4.96. The van der Waals surface area contributed by atoms with Crippen molar-refractivity contribution in [2.24, 2.45) is 5.92 Å². The molecular formula is C26H32N2O3. The molecule has 0 bridgehead atoms. The van der Waals surface area contributed by atoms with Crippen LogP contribution in [0.3, 0.4) is 0 Å². The van der Waals surface area contributed by atoms with Crippen molar-refractivity contribution < 1.29 is 14.3 Å². The van der Waals surface area contributed by atoms with E-state index in [0.29, 0.717) is 38.2 Å². The van der Waals surface area contributed by atoms with Crippen LogP contribution in [0.5, 0.6) is 5.75 Å². The molecule has 1 N–H and O–H groups in total. The van der Waals surface area contributed by atoms with Crippen LogP contribution < -0.4 is 10.1 Å². The van der Waals surface area contributed by atoms with E-state index in [0.717, 1.165) is 12.8 Å². The van der Waals surface area contributed by atoms with Gasteiger partial charge in [0.1, 0.15) is 5.75 Å². The Morgan fingerprint density at radius 1 is 0.935 bits per heavy atom. The average Bonchev–Trinajstić information content (AvgIpc) is 3.32. The number of hydrogen-bond donors (Lipinski definition) is 1. The van der Waals surface area contributed by atoms with Crippen LogP contribution in [0.25, 0.3) is 0 Å². The van der Waals surface area contributed by atoms with Crippen molar-refractivity contribution in [1.82, 2.24) is 10.2 Å². The zero-order valence-electron chi connectivity index (χ0n) is 18.1. The van der Waals surface area contributed by atoms with Crippen LogP contribution in [-0.2, 0) is 15.0 Å². The van der Waals surface area contributed by atoms with Gasteiger partial charge in [-0.3, -0.25) is 9.59 Å². The Hall–Kier alpha value is -2.82. The molecule has 4 rings (SSSR count). The first kappa shape index (κ1) is 21.4. The first-order valence-electron chi connectivity index (χ1n) is 11.5. The number of nitrogens with zero attached hydrogens (tertiary/aromatic N) is 1. The summed E-state index contributed by atoms with van der Waals surface area (Å²) in [7, 11) is 0. The van der Waals surface area contributed by atoms with Gasteiger partial charge in [0.15, 0.2) is 6.61 Å². The number of amides is 2. The summed E-state index contributed by atoms with van der Waals surface area (Å²) in [5.74, 6) is 0.796. The van der Waals surface area contributed by atoms with Crippen LogP contribution in [0, 0.1) is 5.92 Å². The number of carbonyl (C=O) groups excluding carboxylic acids is 2. The smallest absolute Gasteiger partial charge is 0.260 e. The first-order chi connectivity index (χ1) is 15.2. The third kappa shape index (κ3) is 5.27. The Bertz CT molecular complexity index is 855. The summed E-state index contributed by atoms with van der Waals surface area (Å²) in [4.78, 5) is 27.1. The minimum atomic E-state index is -0.0201. The van der Waals surface area contributed by atoms with Crippen molar-refractivity contribution in [3.63, 3.8) is 0 Å². The van der Waals surface area contributed by atoms with Gasteiger partial charge >= 0.3 is 0 Å². The molecular weight excluding hydrogens is 388 g/mol. The average molecular weight is 421 g/mol. The highest BCUT2D eigenvalue weighted by molar-refractivity contribution is 5.80. The number of rotatable bonds is 7. The number of carbonyl (C=O) groups is 2. The molecule has 2 aliphatic rings. The van der Waals surface area contributed by atoms with E-state index in [1.54, 1.807) is 0 Å². The molecule has 164 valence electrons. The maximum Gasteiger partial charge on any atom is 0.260 e. The van der Waals surface area contributed by atoms with Crippen molar-refractivity contribution >= 4 is 11.8 Å². The molecule has 0 spiro atoms. The van der Waals surface area contributed by atoms with E-state index in [-0.39, 0.29) is 29.8 Å². The normalized spacial score (nSPS) is 18.5. The Balaban J connectivity index is 1.24. The van der Waals surface area contributed by atoms with Crippen molar-refractivity contribution in [3.05, 3.63) is 66.2 Å². The maximum atomic E-state index is 12.9. The zero-order valence-corrected chi connectivity index (χ0v) is 18.1. The fraction of sp³-hybridized carbons (Fsp3) is 0.462. The second kappa shape index (κ2) is 9.99. The van der Waals surface area contributed by atoms with Crippen LogP contribution in [0.15, 0.2) is 60.7 Å². The van der Waals surface area contributed by atoms with Gasteiger partial charge < -0.3 is 15.0 Å². The number of likely N-dealkylation sites (tertiary alicyclic amines) is 1. The number of hydrogen-bond acceptors (Lipinski definition) is 3. The maximum absolute atomic E-state index is 12.9. The summed E-state index contributed by atoms with van der Waals surface area (Å²) in [5, 5.41) is 3.26. The lowest BCUT2D eigenvalue weighted by atomic mass is 9.78. The highest BCUT2D eigenvalue weighted by Gasteiger charge is 2.36. The molecule has 2 amide bonds. The Labute approximate surface area is 184 Å². The standard InChI is InChI=1S/C26H32N2O3/c29-24(19-31-23-11-5-2-6-12-23)28-17-13-21(14-18-28)25(30)27-20-26(15-7-8-16-26)22-9-3-1-4-10-22/h1-6,9-12,21H,7-8,13-20H2,(H,27,30). The summed E-state index contributed by atoms with van der Waals surface area (Å²) in [6, 6.07) is 20.0. The van der Waals surface area contributed by atoms with Gasteiger partial charge in [-0.2, -0.15) is 0 Å². The summed E-state index contributed by atoms with van der Waals surface area (Å²) < 4.78 is 5.57. The molecule has 0 atom stereocenters. The van der Waals surface area contributed by atoms with Gasteiger partial charge in [0, 0.05) is 31.0 Å². The van der Waals surface area contributed by atoms with E-state index in [1.807, 2.05) is 41.3 Å².